The molecule has 1 atom stereocenters. The van der Waals surface area contributed by atoms with Gasteiger partial charge in [0.15, 0.2) is 5.13 Å². The summed E-state index contributed by atoms with van der Waals surface area (Å²) < 4.78 is 1.28. The number of anilines is 1. The van der Waals surface area contributed by atoms with Crippen molar-refractivity contribution in [1.29, 1.82) is 0 Å². The van der Waals surface area contributed by atoms with Gasteiger partial charge in [-0.25, -0.2) is 15.6 Å². The fourth-order valence-corrected chi connectivity index (χ4v) is 5.41. The standard InChI is InChI=1S/C27H34N6O4S/c1-16(2)11-21(14-34)33(24(35)19-6-5-18-9-10-31(23(18)12-19)26(37)30-28)25(36)22-15-38-27(29-22)32(13-17(3)4)20-7-8-20/h5-6,9-10,12,14-17,20-21H,7-8,11,13,28H2,1-4H3,(H,30,37)/t21-/m0/s1. The molecule has 2 heterocycles. The number of imide groups is 1. The fourth-order valence-electron chi connectivity index (χ4n) is 4.53. The quantitative estimate of drug-likeness (QED) is 0.131. The summed E-state index contributed by atoms with van der Waals surface area (Å²) in [5.41, 5.74) is 2.82. The van der Waals surface area contributed by atoms with Crippen molar-refractivity contribution in [3.63, 3.8) is 0 Å². The van der Waals surface area contributed by atoms with Gasteiger partial charge in [0.2, 0.25) is 0 Å². The maximum Gasteiger partial charge on any atom is 0.340 e. The number of benzene rings is 1. The highest BCUT2D eigenvalue weighted by atomic mass is 32.1. The summed E-state index contributed by atoms with van der Waals surface area (Å²) in [6, 6.07) is 5.38. The molecule has 0 spiro atoms. The number of hydrogen-bond acceptors (Lipinski definition) is 8. The molecule has 11 heteroatoms. The van der Waals surface area contributed by atoms with Gasteiger partial charge in [0.05, 0.1) is 11.6 Å². The Morgan fingerprint density at radius 1 is 1.16 bits per heavy atom. The lowest BCUT2D eigenvalue weighted by Crippen LogP contribution is -2.46. The molecule has 38 heavy (non-hydrogen) atoms. The van der Waals surface area contributed by atoms with Crippen molar-refractivity contribution < 1.29 is 19.2 Å². The number of carbonyl (C=O) groups is 4. The number of hydrazine groups is 1. The van der Waals surface area contributed by atoms with E-state index in [1.54, 1.807) is 23.6 Å². The van der Waals surface area contributed by atoms with Gasteiger partial charge >= 0.3 is 6.03 Å². The Morgan fingerprint density at radius 3 is 2.50 bits per heavy atom. The van der Waals surface area contributed by atoms with E-state index in [-0.39, 0.29) is 17.2 Å². The molecule has 0 aliphatic heterocycles. The van der Waals surface area contributed by atoms with E-state index < -0.39 is 23.9 Å². The summed E-state index contributed by atoms with van der Waals surface area (Å²) in [6.45, 7) is 8.96. The Hall–Kier alpha value is -3.57. The number of amides is 3. The normalized spacial score (nSPS) is 14.1. The van der Waals surface area contributed by atoms with Crippen LogP contribution in [0, 0.1) is 11.8 Å². The largest absolute Gasteiger partial charge is 0.345 e. The molecule has 1 saturated carbocycles. The molecule has 1 fully saturated rings. The van der Waals surface area contributed by atoms with Crippen LogP contribution in [0.15, 0.2) is 35.8 Å². The van der Waals surface area contributed by atoms with Gasteiger partial charge in [-0.05, 0) is 49.3 Å². The summed E-state index contributed by atoms with van der Waals surface area (Å²) in [7, 11) is 0. The van der Waals surface area contributed by atoms with Crippen molar-refractivity contribution in [2.45, 2.75) is 59.0 Å². The Kier molecular flexibility index (Phi) is 8.27. The monoisotopic (exact) mass is 538 g/mol. The van der Waals surface area contributed by atoms with Crippen LogP contribution in [0.25, 0.3) is 10.9 Å². The lowest BCUT2D eigenvalue weighted by Gasteiger charge is -2.27. The van der Waals surface area contributed by atoms with E-state index in [1.165, 1.54) is 28.2 Å². The number of nitrogens with two attached hydrogens (primary N) is 1. The minimum absolute atomic E-state index is 0.0589. The third-order valence-corrected chi connectivity index (χ3v) is 7.31. The smallest absolute Gasteiger partial charge is 0.340 e. The average Bonchev–Trinajstić information content (AvgIpc) is 3.45. The number of nitrogen functional groups attached to an aromatic ring is 1. The molecule has 1 aliphatic rings. The van der Waals surface area contributed by atoms with Crippen molar-refractivity contribution in [3.8, 4) is 0 Å². The molecule has 3 N–H and O–H groups in total. The van der Waals surface area contributed by atoms with Crippen LogP contribution < -0.4 is 16.2 Å². The number of fused-ring (bicyclic) bond motifs is 1. The molecular weight excluding hydrogens is 504 g/mol. The fraction of sp³-hybridized carbons (Fsp3) is 0.444. The number of aldehydes is 1. The van der Waals surface area contributed by atoms with Gasteiger partial charge in [-0.3, -0.25) is 24.5 Å². The molecule has 202 valence electrons. The molecule has 1 aliphatic carbocycles. The lowest BCUT2D eigenvalue weighted by molar-refractivity contribution is -0.111. The zero-order valence-electron chi connectivity index (χ0n) is 22.1. The molecule has 3 aromatic rings. The predicted octanol–water partition coefficient (Wildman–Crippen LogP) is 4.05. The number of rotatable bonds is 10. The van der Waals surface area contributed by atoms with Crippen molar-refractivity contribution >= 4 is 51.5 Å². The van der Waals surface area contributed by atoms with Gasteiger partial charge in [0.25, 0.3) is 11.8 Å². The summed E-state index contributed by atoms with van der Waals surface area (Å²) in [6.07, 6.45) is 4.67. The van der Waals surface area contributed by atoms with Crippen LogP contribution in [0.3, 0.4) is 0 Å². The SMILES string of the molecule is CC(C)C[C@@H](C=O)N(C(=O)c1ccc2ccn(C(=O)NN)c2c1)C(=O)c1csc(N(CC(C)C)C2CC2)n1. The second-order valence-electron chi connectivity index (χ2n) is 10.5. The molecule has 3 amide bonds. The van der Waals surface area contributed by atoms with Gasteiger partial charge in [-0.1, -0.05) is 33.8 Å². The van der Waals surface area contributed by atoms with Crippen LogP contribution in [0.2, 0.25) is 0 Å². The van der Waals surface area contributed by atoms with Crippen LogP contribution in [0.5, 0.6) is 0 Å². The Balaban J connectivity index is 1.71. The highest BCUT2D eigenvalue weighted by molar-refractivity contribution is 7.14. The summed E-state index contributed by atoms with van der Waals surface area (Å²) >= 11 is 1.37. The van der Waals surface area contributed by atoms with E-state index in [4.69, 9.17) is 5.84 Å². The van der Waals surface area contributed by atoms with Crippen molar-refractivity contribution in [2.75, 3.05) is 11.4 Å². The second-order valence-corrected chi connectivity index (χ2v) is 11.4. The van der Waals surface area contributed by atoms with Gasteiger partial charge < -0.3 is 9.69 Å². The number of nitrogens with zero attached hydrogens (tertiary/aromatic N) is 4. The summed E-state index contributed by atoms with van der Waals surface area (Å²) in [5.74, 6) is 4.53. The molecule has 4 rings (SSSR count). The summed E-state index contributed by atoms with van der Waals surface area (Å²) in [4.78, 5) is 59.9. The maximum absolute atomic E-state index is 13.8. The van der Waals surface area contributed by atoms with Crippen molar-refractivity contribution in [2.24, 2.45) is 17.7 Å². The number of hydrogen-bond donors (Lipinski definition) is 2. The van der Waals surface area contributed by atoms with Crippen LogP contribution in [0.1, 0.15) is 67.8 Å². The molecular formula is C27H34N6O4S. The second kappa shape index (κ2) is 11.4. The van der Waals surface area contributed by atoms with E-state index in [0.29, 0.717) is 35.6 Å². The number of carbonyl (C=O) groups excluding carboxylic acids is 4. The minimum Gasteiger partial charge on any atom is -0.345 e. The number of aromatic nitrogens is 2. The van der Waals surface area contributed by atoms with Gasteiger partial charge in [0, 0.05) is 35.1 Å². The highest BCUT2D eigenvalue weighted by Crippen LogP contribution is 2.34. The van der Waals surface area contributed by atoms with Crippen molar-refractivity contribution in [3.05, 3.63) is 47.1 Å². The molecule has 2 aromatic heterocycles. The maximum atomic E-state index is 13.8. The molecule has 10 nitrogen and oxygen atoms in total. The first kappa shape index (κ1) is 27.5. The summed E-state index contributed by atoms with van der Waals surface area (Å²) in [5, 5.41) is 3.12. The zero-order chi connectivity index (χ0) is 27.6. The van der Waals surface area contributed by atoms with Crippen LogP contribution in [-0.2, 0) is 4.79 Å². The number of thiazole rings is 1. The number of nitrogens with one attached hydrogen (secondary N) is 1. The van der Waals surface area contributed by atoms with E-state index in [1.807, 2.05) is 13.8 Å². The molecule has 1 aromatic carbocycles. The Morgan fingerprint density at radius 2 is 1.89 bits per heavy atom. The first-order valence-electron chi connectivity index (χ1n) is 12.8. The first-order chi connectivity index (χ1) is 18.1. The topological polar surface area (TPSA) is 131 Å². The molecule has 0 saturated heterocycles. The van der Waals surface area contributed by atoms with Gasteiger partial charge in [0.1, 0.15) is 12.0 Å². The molecule has 0 radical (unpaired) electrons. The first-order valence-corrected chi connectivity index (χ1v) is 13.7. The van der Waals surface area contributed by atoms with Gasteiger partial charge in [-0.15, -0.1) is 11.3 Å². The zero-order valence-corrected chi connectivity index (χ0v) is 22.9. The average molecular weight is 539 g/mol. The predicted molar refractivity (Wildman–Crippen MR) is 147 cm³/mol. The Bertz CT molecular complexity index is 1340. The van der Waals surface area contributed by atoms with Crippen LogP contribution in [-0.4, -0.2) is 57.2 Å². The van der Waals surface area contributed by atoms with Gasteiger partial charge in [-0.2, -0.15) is 0 Å². The van der Waals surface area contributed by atoms with E-state index in [9.17, 15) is 19.2 Å². The third kappa shape index (κ3) is 5.78. The minimum atomic E-state index is -0.967. The van der Waals surface area contributed by atoms with Crippen LogP contribution >= 0.6 is 11.3 Å². The van der Waals surface area contributed by atoms with E-state index in [0.717, 1.165) is 29.4 Å². The highest BCUT2D eigenvalue weighted by Gasteiger charge is 2.35. The Labute approximate surface area is 225 Å². The molecule has 0 bridgehead atoms. The lowest BCUT2D eigenvalue weighted by atomic mass is 10.0. The molecule has 0 unspecified atom stereocenters. The van der Waals surface area contributed by atoms with Crippen LogP contribution in [0.4, 0.5) is 9.93 Å². The van der Waals surface area contributed by atoms with E-state index in [2.05, 4.69) is 29.2 Å². The van der Waals surface area contributed by atoms with Crippen molar-refractivity contribution in [1.82, 2.24) is 19.9 Å². The van der Waals surface area contributed by atoms with E-state index >= 15 is 0 Å². The third-order valence-electron chi connectivity index (χ3n) is 6.43.